The molecule has 3 aromatic rings. The zero-order valence-electron chi connectivity index (χ0n) is 14.4. The van der Waals surface area contributed by atoms with E-state index < -0.39 is 0 Å². The molecule has 1 aliphatic rings. The second kappa shape index (κ2) is 7.43. The van der Waals surface area contributed by atoms with Gasteiger partial charge in [0, 0.05) is 62.7 Å². The highest BCUT2D eigenvalue weighted by Gasteiger charge is 2.28. The van der Waals surface area contributed by atoms with E-state index >= 15 is 0 Å². The number of likely N-dealkylation sites (tertiary alicyclic amines) is 1. The van der Waals surface area contributed by atoms with Gasteiger partial charge in [-0.1, -0.05) is 0 Å². The summed E-state index contributed by atoms with van der Waals surface area (Å²) in [5, 5.41) is 0. The molecule has 0 spiro atoms. The predicted molar refractivity (Wildman–Crippen MR) is 95.5 cm³/mol. The van der Waals surface area contributed by atoms with Crippen LogP contribution in [0.2, 0.25) is 0 Å². The Bertz CT molecular complexity index is 864. The number of rotatable bonds is 4. The van der Waals surface area contributed by atoms with Crippen molar-refractivity contribution in [3.63, 3.8) is 0 Å². The maximum atomic E-state index is 12.7. The van der Waals surface area contributed by atoms with Crippen LogP contribution in [-0.2, 0) is 6.54 Å². The van der Waals surface area contributed by atoms with Crippen LogP contribution in [0.1, 0.15) is 40.6 Å². The molecule has 1 fully saturated rings. The average Bonchev–Trinajstić information content (AvgIpc) is 3.17. The van der Waals surface area contributed by atoms with Crippen LogP contribution in [0.4, 0.5) is 0 Å². The molecule has 0 unspecified atom stereocenters. The molecule has 1 saturated heterocycles. The molecule has 0 aliphatic carbocycles. The Morgan fingerprint density at radius 2 is 1.96 bits per heavy atom. The summed E-state index contributed by atoms with van der Waals surface area (Å²) in [4.78, 5) is 31.3. The number of amides is 1. The van der Waals surface area contributed by atoms with Crippen LogP contribution in [0.5, 0.6) is 0 Å². The monoisotopic (exact) mass is 348 g/mol. The van der Waals surface area contributed by atoms with Gasteiger partial charge in [0.15, 0.2) is 0 Å². The van der Waals surface area contributed by atoms with Crippen LogP contribution in [0, 0.1) is 0 Å². The van der Waals surface area contributed by atoms with Crippen LogP contribution < -0.4 is 0 Å². The minimum Gasteiger partial charge on any atom is -0.337 e. The van der Waals surface area contributed by atoms with Crippen molar-refractivity contribution >= 4 is 5.91 Å². The second-order valence-corrected chi connectivity index (χ2v) is 6.45. The van der Waals surface area contributed by atoms with E-state index in [9.17, 15) is 4.79 Å². The number of imidazole rings is 1. The van der Waals surface area contributed by atoms with Gasteiger partial charge in [0.1, 0.15) is 11.5 Å². The predicted octanol–water partition coefficient (Wildman–Crippen LogP) is 2.14. The summed E-state index contributed by atoms with van der Waals surface area (Å²) in [6, 6.07) is 4.02. The normalized spacial score (nSPS) is 17.2. The molecular weight excluding hydrogens is 328 g/mol. The Morgan fingerprint density at radius 3 is 2.77 bits per heavy atom. The summed E-state index contributed by atoms with van der Waals surface area (Å²) >= 11 is 0. The van der Waals surface area contributed by atoms with Gasteiger partial charge in [0.2, 0.25) is 0 Å². The second-order valence-electron chi connectivity index (χ2n) is 6.45. The highest BCUT2D eigenvalue weighted by atomic mass is 16.2. The van der Waals surface area contributed by atoms with Crippen LogP contribution >= 0.6 is 0 Å². The van der Waals surface area contributed by atoms with Crippen molar-refractivity contribution in [3.8, 4) is 0 Å². The molecule has 26 heavy (non-hydrogen) atoms. The Hall–Kier alpha value is -3.09. The highest BCUT2D eigenvalue weighted by molar-refractivity contribution is 5.92. The Labute approximate surface area is 151 Å². The molecule has 1 aliphatic heterocycles. The zero-order valence-corrected chi connectivity index (χ0v) is 14.4. The van der Waals surface area contributed by atoms with Crippen molar-refractivity contribution in [2.24, 2.45) is 0 Å². The van der Waals surface area contributed by atoms with Crippen LogP contribution in [-0.4, -0.2) is 48.4 Å². The molecule has 3 aromatic heterocycles. The lowest BCUT2D eigenvalue weighted by molar-refractivity contribution is 0.0697. The minimum absolute atomic E-state index is 0.0601. The molecule has 0 aromatic carbocycles. The average molecular weight is 348 g/mol. The molecule has 0 saturated carbocycles. The van der Waals surface area contributed by atoms with E-state index in [1.807, 2.05) is 29.4 Å². The molecule has 1 amide bonds. The first-order valence-corrected chi connectivity index (χ1v) is 8.76. The fourth-order valence-electron chi connectivity index (χ4n) is 3.44. The Balaban J connectivity index is 1.50. The van der Waals surface area contributed by atoms with E-state index in [0.717, 1.165) is 31.8 Å². The summed E-state index contributed by atoms with van der Waals surface area (Å²) in [5.41, 5.74) is 1.58. The van der Waals surface area contributed by atoms with Gasteiger partial charge in [0.05, 0.1) is 6.20 Å². The molecule has 1 atom stereocenters. The summed E-state index contributed by atoms with van der Waals surface area (Å²) in [6.07, 6.45) is 14.1. The first-order valence-electron chi connectivity index (χ1n) is 8.76. The molecule has 7 heteroatoms. The number of hydrogen-bond donors (Lipinski definition) is 0. The fraction of sp³-hybridized carbons (Fsp3) is 0.316. The first kappa shape index (κ1) is 16.4. The van der Waals surface area contributed by atoms with Gasteiger partial charge >= 0.3 is 0 Å². The fourth-order valence-corrected chi connectivity index (χ4v) is 3.44. The highest BCUT2D eigenvalue weighted by Crippen LogP contribution is 2.27. The quantitative estimate of drug-likeness (QED) is 0.722. The lowest BCUT2D eigenvalue weighted by Gasteiger charge is -2.32. The molecule has 7 nitrogen and oxygen atoms in total. The number of carbonyl (C=O) groups excluding carboxylic acids is 1. The molecular formula is C19H20N6O. The topological polar surface area (TPSA) is 76.8 Å². The van der Waals surface area contributed by atoms with E-state index in [-0.39, 0.29) is 11.8 Å². The molecule has 4 rings (SSSR count). The lowest BCUT2D eigenvalue weighted by atomic mass is 9.96. The van der Waals surface area contributed by atoms with Gasteiger partial charge in [-0.3, -0.25) is 14.8 Å². The third-order valence-corrected chi connectivity index (χ3v) is 4.71. The van der Waals surface area contributed by atoms with Gasteiger partial charge < -0.3 is 9.47 Å². The molecule has 0 radical (unpaired) electrons. The molecule has 4 heterocycles. The Morgan fingerprint density at radius 1 is 1.08 bits per heavy atom. The van der Waals surface area contributed by atoms with Crippen molar-refractivity contribution in [1.29, 1.82) is 0 Å². The SMILES string of the molecule is O=C(c1cnccn1)N1CCC[C@H](c2nccn2Cc2ccncc2)C1. The minimum atomic E-state index is -0.0601. The van der Waals surface area contributed by atoms with Crippen molar-refractivity contribution in [1.82, 2.24) is 29.4 Å². The van der Waals surface area contributed by atoms with E-state index in [2.05, 4.69) is 24.5 Å². The maximum absolute atomic E-state index is 12.7. The number of carbonyl (C=O) groups is 1. The summed E-state index contributed by atoms with van der Waals surface area (Å²) in [7, 11) is 0. The van der Waals surface area contributed by atoms with Crippen LogP contribution in [0.25, 0.3) is 0 Å². The van der Waals surface area contributed by atoms with Gasteiger partial charge in [0.25, 0.3) is 5.91 Å². The maximum Gasteiger partial charge on any atom is 0.274 e. The molecule has 132 valence electrons. The van der Waals surface area contributed by atoms with Crippen molar-refractivity contribution < 1.29 is 4.79 Å². The summed E-state index contributed by atoms with van der Waals surface area (Å²) in [5.74, 6) is 1.19. The third kappa shape index (κ3) is 3.46. The number of pyridine rings is 1. The van der Waals surface area contributed by atoms with E-state index in [1.165, 1.54) is 11.8 Å². The smallest absolute Gasteiger partial charge is 0.274 e. The number of piperidine rings is 1. The van der Waals surface area contributed by atoms with Gasteiger partial charge in [-0.15, -0.1) is 0 Å². The number of nitrogens with zero attached hydrogens (tertiary/aromatic N) is 6. The van der Waals surface area contributed by atoms with Crippen LogP contribution in [0.15, 0.2) is 55.5 Å². The molecule has 0 N–H and O–H groups in total. The van der Waals surface area contributed by atoms with Gasteiger partial charge in [-0.2, -0.15) is 0 Å². The van der Waals surface area contributed by atoms with Crippen LogP contribution in [0.3, 0.4) is 0 Å². The van der Waals surface area contributed by atoms with Gasteiger partial charge in [-0.25, -0.2) is 9.97 Å². The van der Waals surface area contributed by atoms with E-state index in [0.29, 0.717) is 12.2 Å². The number of hydrogen-bond acceptors (Lipinski definition) is 5. The lowest BCUT2D eigenvalue weighted by Crippen LogP contribution is -2.40. The van der Waals surface area contributed by atoms with Gasteiger partial charge in [-0.05, 0) is 30.5 Å². The third-order valence-electron chi connectivity index (χ3n) is 4.71. The van der Waals surface area contributed by atoms with Crippen molar-refractivity contribution in [2.75, 3.05) is 13.1 Å². The Kier molecular flexibility index (Phi) is 4.68. The van der Waals surface area contributed by atoms with E-state index in [1.54, 1.807) is 24.8 Å². The zero-order chi connectivity index (χ0) is 17.8. The van der Waals surface area contributed by atoms with Crippen molar-refractivity contribution in [3.05, 3.63) is 72.6 Å². The van der Waals surface area contributed by atoms with Crippen molar-refractivity contribution in [2.45, 2.75) is 25.3 Å². The summed E-state index contributed by atoms with van der Waals surface area (Å²) < 4.78 is 2.16. The van der Waals surface area contributed by atoms with E-state index in [4.69, 9.17) is 0 Å². The largest absolute Gasteiger partial charge is 0.337 e. The first-order chi connectivity index (χ1) is 12.8. The number of aromatic nitrogens is 5. The molecule has 0 bridgehead atoms. The summed E-state index contributed by atoms with van der Waals surface area (Å²) in [6.45, 7) is 2.16. The standard InChI is InChI=1S/C19H20N6O/c26-19(17-12-21-7-8-22-17)25-10-1-2-16(14-25)18-23-9-11-24(18)13-15-3-5-20-6-4-15/h3-9,11-12,16H,1-2,10,13-14H2/t16-/m0/s1.